The Bertz CT molecular complexity index is 1280. The lowest BCUT2D eigenvalue weighted by molar-refractivity contribution is -0.136. The Hall–Kier alpha value is -3.02. The van der Waals surface area contributed by atoms with E-state index in [0.29, 0.717) is 16.8 Å². The van der Waals surface area contributed by atoms with E-state index in [4.69, 9.17) is 9.94 Å². The molecule has 1 amide bonds. The van der Waals surface area contributed by atoms with E-state index < -0.39 is 27.9 Å². The minimum Gasteiger partial charge on any atom is -0.489 e. The van der Waals surface area contributed by atoms with E-state index in [1.807, 2.05) is 12.1 Å². The predicted molar refractivity (Wildman–Crippen MR) is 116 cm³/mol. The highest BCUT2D eigenvalue weighted by Gasteiger charge is 2.54. The van der Waals surface area contributed by atoms with Crippen LogP contribution in [0.1, 0.15) is 24.8 Å². The van der Waals surface area contributed by atoms with Gasteiger partial charge in [0.1, 0.15) is 23.4 Å². The summed E-state index contributed by atoms with van der Waals surface area (Å²) < 4.78 is 38.4. The summed E-state index contributed by atoms with van der Waals surface area (Å²) in [5, 5.41) is 16.7. The number of nitrogens with zero attached hydrogens (tertiary/aromatic N) is 3. The van der Waals surface area contributed by atoms with Crippen molar-refractivity contribution in [1.82, 2.24) is 20.1 Å². The highest BCUT2D eigenvalue weighted by Crippen LogP contribution is 2.51. The molecule has 11 heteroatoms. The number of hydrogen-bond donors (Lipinski definition) is 2. The molecule has 0 aliphatic heterocycles. The van der Waals surface area contributed by atoms with Crippen molar-refractivity contribution in [2.24, 2.45) is 17.8 Å². The summed E-state index contributed by atoms with van der Waals surface area (Å²) in [4.78, 5) is 12.4. The van der Waals surface area contributed by atoms with Crippen molar-refractivity contribution in [3.05, 3.63) is 48.0 Å². The highest BCUT2D eigenvalue weighted by atomic mass is 32.2. The van der Waals surface area contributed by atoms with Gasteiger partial charge in [-0.2, -0.15) is 4.31 Å². The highest BCUT2D eigenvalue weighted by molar-refractivity contribution is 7.89. The summed E-state index contributed by atoms with van der Waals surface area (Å²) in [6.45, 7) is 0.276. The normalized spacial score (nSPS) is 24.5. The van der Waals surface area contributed by atoms with E-state index in [-0.39, 0.29) is 23.3 Å². The van der Waals surface area contributed by atoms with Crippen LogP contribution in [0, 0.1) is 17.8 Å². The van der Waals surface area contributed by atoms with E-state index in [2.05, 4.69) is 14.9 Å². The summed E-state index contributed by atoms with van der Waals surface area (Å²) >= 11 is 0. The second kappa shape index (κ2) is 8.40. The van der Waals surface area contributed by atoms with Gasteiger partial charge in [-0.05, 0) is 83.4 Å². The molecule has 3 aromatic rings. The van der Waals surface area contributed by atoms with Crippen LogP contribution in [-0.4, -0.2) is 47.2 Å². The average molecular weight is 473 g/mol. The van der Waals surface area contributed by atoms with Crippen molar-refractivity contribution in [2.75, 3.05) is 7.05 Å². The quantitative estimate of drug-likeness (QED) is 0.395. The van der Waals surface area contributed by atoms with E-state index in [0.717, 1.165) is 24.8 Å². The van der Waals surface area contributed by atoms with Crippen molar-refractivity contribution in [3.63, 3.8) is 0 Å². The number of benzene rings is 2. The van der Waals surface area contributed by atoms with Gasteiger partial charge in [0, 0.05) is 13.1 Å². The molecule has 2 aliphatic carbocycles. The van der Waals surface area contributed by atoms with Crippen molar-refractivity contribution in [1.29, 1.82) is 0 Å². The molecule has 2 aromatic carbocycles. The van der Waals surface area contributed by atoms with E-state index in [1.54, 1.807) is 23.7 Å². The third-order valence-electron chi connectivity index (χ3n) is 6.93. The van der Waals surface area contributed by atoms with Crippen LogP contribution in [0.5, 0.6) is 5.75 Å². The zero-order chi connectivity index (χ0) is 23.2. The Morgan fingerprint density at radius 1 is 1.15 bits per heavy atom. The molecule has 1 aromatic heterocycles. The Morgan fingerprint density at radius 3 is 2.64 bits per heavy atom. The Balaban J connectivity index is 1.29. The molecule has 2 saturated carbocycles. The third-order valence-corrected chi connectivity index (χ3v) is 8.80. The standard InChI is InChI=1S/C22H24N4O6S/c1-26(21-15-4-3-14(11-15)20(21)22(27)23-28)33(29,30)17-7-5-16(6-8-17)31-12-13-2-9-18-19(10-13)25-32-24-18/h2,5-10,14-15,20-21,28H,3-4,11-12H2,1H3,(H,23,27)/t14?,15?,20-,21+/m1/s1. The predicted octanol–water partition coefficient (Wildman–Crippen LogP) is 2.34. The van der Waals surface area contributed by atoms with Crippen LogP contribution >= 0.6 is 0 Å². The van der Waals surface area contributed by atoms with Gasteiger partial charge in [0.15, 0.2) is 0 Å². The number of sulfonamides is 1. The Labute approximate surface area is 190 Å². The number of hydroxylamine groups is 1. The second-order valence-electron chi connectivity index (χ2n) is 8.69. The monoisotopic (exact) mass is 472 g/mol. The average Bonchev–Trinajstić information content (AvgIpc) is 3.57. The topological polar surface area (TPSA) is 135 Å². The minimum absolute atomic E-state index is 0.0906. The molecule has 2 aliphatic rings. The molecule has 4 atom stereocenters. The molecule has 2 N–H and O–H groups in total. The van der Waals surface area contributed by atoms with E-state index >= 15 is 0 Å². The largest absolute Gasteiger partial charge is 0.489 e. The van der Waals surface area contributed by atoms with Crippen LogP contribution in [0.2, 0.25) is 0 Å². The van der Waals surface area contributed by atoms with Crippen molar-refractivity contribution < 1.29 is 27.8 Å². The molecule has 174 valence electrons. The number of rotatable bonds is 7. The maximum absolute atomic E-state index is 13.3. The number of hydrogen-bond acceptors (Lipinski definition) is 8. The number of carbonyl (C=O) groups is 1. The fourth-order valence-electron chi connectivity index (χ4n) is 5.35. The first-order valence-electron chi connectivity index (χ1n) is 10.7. The smallest absolute Gasteiger partial charge is 0.248 e. The number of fused-ring (bicyclic) bond motifs is 3. The Morgan fingerprint density at radius 2 is 1.88 bits per heavy atom. The van der Waals surface area contributed by atoms with Crippen LogP contribution < -0.4 is 10.2 Å². The van der Waals surface area contributed by atoms with Crippen LogP contribution in [0.4, 0.5) is 0 Å². The Kier molecular flexibility index (Phi) is 5.55. The van der Waals surface area contributed by atoms with E-state index in [9.17, 15) is 13.2 Å². The van der Waals surface area contributed by atoms with Crippen LogP contribution in [-0.2, 0) is 21.4 Å². The van der Waals surface area contributed by atoms with Gasteiger partial charge in [-0.15, -0.1) is 0 Å². The minimum atomic E-state index is -3.83. The van der Waals surface area contributed by atoms with Crippen molar-refractivity contribution in [2.45, 2.75) is 36.8 Å². The van der Waals surface area contributed by atoms with Crippen LogP contribution in [0.3, 0.4) is 0 Å². The summed E-state index contributed by atoms with van der Waals surface area (Å²) in [7, 11) is -2.32. The van der Waals surface area contributed by atoms with Crippen LogP contribution in [0.15, 0.2) is 52.0 Å². The molecule has 2 fully saturated rings. The zero-order valence-corrected chi connectivity index (χ0v) is 18.7. The van der Waals surface area contributed by atoms with Gasteiger partial charge >= 0.3 is 0 Å². The van der Waals surface area contributed by atoms with Gasteiger partial charge in [-0.25, -0.2) is 18.5 Å². The molecule has 5 rings (SSSR count). The molecule has 10 nitrogen and oxygen atoms in total. The first kappa shape index (κ1) is 21.8. The maximum atomic E-state index is 13.3. The number of nitrogens with one attached hydrogen (secondary N) is 1. The third kappa shape index (κ3) is 3.85. The molecular formula is C22H24N4O6S. The van der Waals surface area contributed by atoms with Crippen LogP contribution in [0.25, 0.3) is 11.0 Å². The summed E-state index contributed by atoms with van der Waals surface area (Å²) in [6.07, 6.45) is 2.55. The fourth-order valence-corrected chi connectivity index (χ4v) is 6.78. The van der Waals surface area contributed by atoms with Gasteiger partial charge in [0.25, 0.3) is 0 Å². The molecule has 2 unspecified atom stereocenters. The lowest BCUT2D eigenvalue weighted by Crippen LogP contribution is -2.50. The number of ether oxygens (including phenoxy) is 1. The molecular weight excluding hydrogens is 448 g/mol. The van der Waals surface area contributed by atoms with E-state index in [1.165, 1.54) is 23.5 Å². The van der Waals surface area contributed by atoms with Gasteiger partial charge in [-0.1, -0.05) is 6.07 Å². The summed E-state index contributed by atoms with van der Waals surface area (Å²) in [6, 6.07) is 11.2. The summed E-state index contributed by atoms with van der Waals surface area (Å²) in [5.74, 6) is -0.344. The number of amides is 1. The first-order chi connectivity index (χ1) is 15.9. The lowest BCUT2D eigenvalue weighted by Gasteiger charge is -2.35. The SMILES string of the molecule is CN([C@H]1C2CCC(C2)[C@H]1C(=O)NO)S(=O)(=O)c1ccc(OCc2ccc3nonc3c2)cc1. The van der Waals surface area contributed by atoms with Crippen molar-refractivity contribution in [3.8, 4) is 5.75 Å². The van der Waals surface area contributed by atoms with Crippen molar-refractivity contribution >= 4 is 27.0 Å². The zero-order valence-electron chi connectivity index (χ0n) is 17.9. The lowest BCUT2D eigenvalue weighted by atomic mass is 9.84. The second-order valence-corrected chi connectivity index (χ2v) is 10.7. The molecule has 33 heavy (non-hydrogen) atoms. The molecule has 0 radical (unpaired) electrons. The molecule has 1 heterocycles. The fraction of sp³-hybridized carbons (Fsp3) is 0.409. The summed E-state index contributed by atoms with van der Waals surface area (Å²) in [5.41, 5.74) is 3.89. The van der Waals surface area contributed by atoms with Gasteiger partial charge in [0.05, 0.1) is 10.8 Å². The maximum Gasteiger partial charge on any atom is 0.248 e. The molecule has 0 saturated heterocycles. The van der Waals surface area contributed by atoms with Gasteiger partial charge in [0.2, 0.25) is 15.9 Å². The molecule has 2 bridgehead atoms. The molecule has 0 spiro atoms. The first-order valence-corrected chi connectivity index (χ1v) is 12.2. The van der Waals surface area contributed by atoms with Gasteiger partial charge < -0.3 is 4.74 Å². The number of aromatic nitrogens is 2. The number of carbonyl (C=O) groups excluding carboxylic acids is 1. The van der Waals surface area contributed by atoms with Gasteiger partial charge in [-0.3, -0.25) is 10.0 Å².